The largest absolute Gasteiger partial charge is 0.376 e. The van der Waals surface area contributed by atoms with Crippen molar-refractivity contribution >= 4 is 21.4 Å². The normalized spacial score (nSPS) is 16.3. The van der Waals surface area contributed by atoms with Crippen molar-refractivity contribution in [1.82, 2.24) is 0 Å². The van der Waals surface area contributed by atoms with Gasteiger partial charge >= 0.3 is 0 Å². The maximum absolute atomic E-state index is 5.80. The van der Waals surface area contributed by atoms with Crippen LogP contribution < -0.4 is 5.73 Å². The first kappa shape index (κ1) is 11.2. The second-order valence-corrected chi connectivity index (χ2v) is 5.31. The molecule has 3 rings (SSSR count). The number of benzene rings is 1. The molecule has 4 heteroatoms. The lowest BCUT2D eigenvalue weighted by molar-refractivity contribution is -0.135. The number of rotatable bonds is 4. The van der Waals surface area contributed by atoms with Crippen molar-refractivity contribution in [1.29, 1.82) is 0 Å². The van der Waals surface area contributed by atoms with Crippen LogP contribution in [0.1, 0.15) is 10.4 Å². The fraction of sp³-hybridized carbons (Fsp3) is 0.385. The number of nitrogens with two attached hydrogens (primary N) is 1. The molecule has 0 amide bonds. The van der Waals surface area contributed by atoms with E-state index in [1.165, 1.54) is 20.5 Å². The van der Waals surface area contributed by atoms with Crippen LogP contribution in [0, 0.1) is 0 Å². The SMILES string of the molecule is NCc1sc2ccccc2c1COC1COC1. The third-order valence-corrected chi connectivity index (χ3v) is 4.27. The molecule has 1 fully saturated rings. The molecule has 0 spiro atoms. The van der Waals surface area contributed by atoms with Gasteiger partial charge < -0.3 is 15.2 Å². The molecule has 0 aliphatic carbocycles. The molecule has 0 atom stereocenters. The first-order valence-electron chi connectivity index (χ1n) is 5.77. The van der Waals surface area contributed by atoms with Gasteiger partial charge in [-0.3, -0.25) is 0 Å². The Morgan fingerprint density at radius 1 is 1.35 bits per heavy atom. The lowest BCUT2D eigenvalue weighted by Gasteiger charge is -2.26. The smallest absolute Gasteiger partial charge is 0.105 e. The summed E-state index contributed by atoms with van der Waals surface area (Å²) in [4.78, 5) is 1.23. The third kappa shape index (κ3) is 2.09. The zero-order valence-corrected chi connectivity index (χ0v) is 10.3. The molecule has 17 heavy (non-hydrogen) atoms. The molecule has 2 aromatic rings. The highest BCUT2D eigenvalue weighted by atomic mass is 32.1. The van der Waals surface area contributed by atoms with E-state index in [9.17, 15) is 0 Å². The van der Waals surface area contributed by atoms with Crippen LogP contribution in [0.4, 0.5) is 0 Å². The fourth-order valence-electron chi connectivity index (χ4n) is 1.98. The summed E-state index contributed by atoms with van der Waals surface area (Å²) in [5.41, 5.74) is 7.05. The Morgan fingerprint density at radius 2 is 2.18 bits per heavy atom. The second kappa shape index (κ2) is 4.74. The topological polar surface area (TPSA) is 44.5 Å². The second-order valence-electron chi connectivity index (χ2n) is 4.17. The predicted octanol–water partition coefficient (Wildman–Crippen LogP) is 2.28. The Kier molecular flexibility index (Phi) is 3.11. The quantitative estimate of drug-likeness (QED) is 0.904. The molecule has 0 radical (unpaired) electrons. The molecule has 1 saturated heterocycles. The van der Waals surface area contributed by atoms with Gasteiger partial charge in [-0.25, -0.2) is 0 Å². The molecule has 90 valence electrons. The van der Waals surface area contributed by atoms with Gasteiger partial charge in [-0.1, -0.05) is 18.2 Å². The summed E-state index contributed by atoms with van der Waals surface area (Å²) < 4.78 is 12.2. The monoisotopic (exact) mass is 249 g/mol. The maximum atomic E-state index is 5.80. The first-order valence-corrected chi connectivity index (χ1v) is 6.59. The maximum Gasteiger partial charge on any atom is 0.105 e. The van der Waals surface area contributed by atoms with Gasteiger partial charge in [0.05, 0.1) is 19.8 Å². The van der Waals surface area contributed by atoms with Gasteiger partial charge in [0.25, 0.3) is 0 Å². The number of fused-ring (bicyclic) bond motifs is 1. The van der Waals surface area contributed by atoms with E-state index in [4.69, 9.17) is 15.2 Å². The van der Waals surface area contributed by atoms with Crippen molar-refractivity contribution in [2.24, 2.45) is 5.73 Å². The Morgan fingerprint density at radius 3 is 2.88 bits per heavy atom. The average Bonchev–Trinajstić information content (AvgIpc) is 2.66. The van der Waals surface area contributed by atoms with Gasteiger partial charge in [-0.05, 0) is 11.5 Å². The van der Waals surface area contributed by atoms with Crippen molar-refractivity contribution in [3.8, 4) is 0 Å². The first-order chi connectivity index (χ1) is 8.38. The molecule has 0 unspecified atom stereocenters. The highest BCUT2D eigenvalue weighted by Gasteiger charge is 2.20. The highest BCUT2D eigenvalue weighted by molar-refractivity contribution is 7.19. The lowest BCUT2D eigenvalue weighted by atomic mass is 10.1. The number of thiophene rings is 1. The van der Waals surface area contributed by atoms with E-state index in [0.29, 0.717) is 13.2 Å². The van der Waals surface area contributed by atoms with E-state index < -0.39 is 0 Å². The van der Waals surface area contributed by atoms with Gasteiger partial charge in [0, 0.05) is 21.7 Å². The minimum absolute atomic E-state index is 0.263. The molecule has 1 aromatic heterocycles. The predicted molar refractivity (Wildman–Crippen MR) is 69.1 cm³/mol. The Hall–Kier alpha value is -0.940. The minimum Gasteiger partial charge on any atom is -0.376 e. The summed E-state index contributed by atoms with van der Waals surface area (Å²) in [5.74, 6) is 0. The summed E-state index contributed by atoms with van der Waals surface area (Å²) in [6.45, 7) is 2.67. The number of ether oxygens (including phenoxy) is 2. The minimum atomic E-state index is 0.263. The fourth-order valence-corrected chi connectivity index (χ4v) is 3.07. The van der Waals surface area contributed by atoms with Crippen LogP contribution in [0.2, 0.25) is 0 Å². The lowest BCUT2D eigenvalue weighted by Crippen LogP contribution is -2.35. The third-order valence-electron chi connectivity index (χ3n) is 3.04. The number of hydrogen-bond donors (Lipinski definition) is 1. The summed E-state index contributed by atoms with van der Waals surface area (Å²) >= 11 is 1.76. The van der Waals surface area contributed by atoms with Crippen LogP contribution in [0.15, 0.2) is 24.3 Å². The Labute approximate surface area is 104 Å². The van der Waals surface area contributed by atoms with Gasteiger partial charge in [0.1, 0.15) is 6.10 Å². The van der Waals surface area contributed by atoms with Gasteiger partial charge in [-0.2, -0.15) is 0 Å². The molecule has 1 aliphatic rings. The number of hydrogen-bond acceptors (Lipinski definition) is 4. The van der Waals surface area contributed by atoms with Crippen LogP contribution in [-0.4, -0.2) is 19.3 Å². The molecule has 0 bridgehead atoms. The van der Waals surface area contributed by atoms with Crippen LogP contribution in [0.3, 0.4) is 0 Å². The van der Waals surface area contributed by atoms with E-state index in [0.717, 1.165) is 13.2 Å². The van der Waals surface area contributed by atoms with Gasteiger partial charge in [-0.15, -0.1) is 11.3 Å². The van der Waals surface area contributed by atoms with Gasteiger partial charge in [0.15, 0.2) is 0 Å². The molecule has 2 N–H and O–H groups in total. The molecular weight excluding hydrogens is 234 g/mol. The van der Waals surface area contributed by atoms with E-state index in [1.807, 2.05) is 0 Å². The van der Waals surface area contributed by atoms with E-state index in [2.05, 4.69) is 24.3 Å². The standard InChI is InChI=1S/C13H15NO2S/c14-5-13-11(8-16-9-6-15-7-9)10-3-1-2-4-12(10)17-13/h1-4,9H,5-8,14H2. The van der Waals surface area contributed by atoms with Crippen molar-refractivity contribution < 1.29 is 9.47 Å². The van der Waals surface area contributed by atoms with Crippen LogP contribution >= 0.6 is 11.3 Å². The van der Waals surface area contributed by atoms with E-state index in [1.54, 1.807) is 11.3 Å². The summed E-state index contributed by atoms with van der Waals surface area (Å²) in [7, 11) is 0. The van der Waals surface area contributed by atoms with Crippen molar-refractivity contribution in [3.05, 3.63) is 34.7 Å². The molecule has 1 aromatic carbocycles. The summed E-state index contributed by atoms with van der Waals surface area (Å²) in [6, 6.07) is 8.39. The van der Waals surface area contributed by atoms with Crippen LogP contribution in [-0.2, 0) is 22.6 Å². The summed E-state index contributed by atoms with van der Waals surface area (Å²) in [6.07, 6.45) is 0.263. The highest BCUT2D eigenvalue weighted by Crippen LogP contribution is 2.31. The van der Waals surface area contributed by atoms with Crippen LogP contribution in [0.25, 0.3) is 10.1 Å². The van der Waals surface area contributed by atoms with Crippen molar-refractivity contribution in [2.45, 2.75) is 19.3 Å². The van der Waals surface area contributed by atoms with Crippen molar-refractivity contribution in [3.63, 3.8) is 0 Å². The molecule has 2 heterocycles. The molecular formula is C13H15NO2S. The van der Waals surface area contributed by atoms with E-state index >= 15 is 0 Å². The van der Waals surface area contributed by atoms with Gasteiger partial charge in [0.2, 0.25) is 0 Å². The van der Waals surface area contributed by atoms with E-state index in [-0.39, 0.29) is 6.10 Å². The zero-order valence-electron chi connectivity index (χ0n) is 9.52. The zero-order chi connectivity index (χ0) is 11.7. The molecule has 3 nitrogen and oxygen atoms in total. The Balaban J connectivity index is 1.88. The molecule has 0 saturated carbocycles. The molecule has 1 aliphatic heterocycles. The Bertz CT molecular complexity index is 519. The van der Waals surface area contributed by atoms with Crippen molar-refractivity contribution in [2.75, 3.05) is 13.2 Å². The average molecular weight is 249 g/mol. The summed E-state index contributed by atoms with van der Waals surface area (Å²) in [5, 5.41) is 1.28. The van der Waals surface area contributed by atoms with Crippen LogP contribution in [0.5, 0.6) is 0 Å².